The Labute approximate surface area is 151 Å². The first-order valence-electron chi connectivity index (χ1n) is 8.21. The van der Waals surface area contributed by atoms with Crippen molar-refractivity contribution in [3.63, 3.8) is 0 Å². The van der Waals surface area contributed by atoms with Crippen LogP contribution in [0.15, 0.2) is 48.5 Å². The Morgan fingerprint density at radius 2 is 1.62 bits per heavy atom. The van der Waals surface area contributed by atoms with Crippen molar-refractivity contribution in [1.82, 2.24) is 15.5 Å². The molecule has 0 aliphatic carbocycles. The number of urea groups is 1. The summed E-state index contributed by atoms with van der Waals surface area (Å²) in [5.41, 5.74) is 2.03. The Bertz CT molecular complexity index is 733. The van der Waals surface area contributed by atoms with Gasteiger partial charge in [-0.2, -0.15) is 0 Å². The number of rotatable bonds is 8. The zero-order valence-electron chi connectivity index (χ0n) is 14.5. The number of carbonyl (C=O) groups is 2. The molecule has 0 spiro atoms. The van der Waals surface area contributed by atoms with Crippen molar-refractivity contribution in [2.75, 3.05) is 20.1 Å². The molecule has 0 saturated heterocycles. The lowest BCUT2D eigenvalue weighted by atomic mass is 10.1. The molecule has 0 heterocycles. The number of aromatic carboxylic acids is 1. The van der Waals surface area contributed by atoms with Crippen molar-refractivity contribution < 1.29 is 19.1 Å². The number of halogens is 1. The molecule has 0 bridgehead atoms. The van der Waals surface area contributed by atoms with Crippen LogP contribution in [0.3, 0.4) is 0 Å². The van der Waals surface area contributed by atoms with E-state index in [1.54, 1.807) is 24.3 Å². The molecule has 2 aromatic carbocycles. The van der Waals surface area contributed by atoms with Gasteiger partial charge in [-0.1, -0.05) is 24.3 Å². The Balaban J connectivity index is 1.65. The van der Waals surface area contributed by atoms with Gasteiger partial charge in [0.2, 0.25) is 0 Å². The number of benzene rings is 2. The topological polar surface area (TPSA) is 81.7 Å². The van der Waals surface area contributed by atoms with Crippen LogP contribution in [0, 0.1) is 5.82 Å². The van der Waals surface area contributed by atoms with Gasteiger partial charge in [-0.05, 0) is 42.4 Å². The SMILES string of the molecule is CN(CCNC(=O)NCc1ccc(C(=O)O)cc1)Cc1ccc(F)cc1. The molecule has 0 aromatic heterocycles. The first kappa shape index (κ1) is 19.4. The third kappa shape index (κ3) is 6.52. The molecule has 26 heavy (non-hydrogen) atoms. The van der Waals surface area contributed by atoms with Gasteiger partial charge in [-0.3, -0.25) is 0 Å². The van der Waals surface area contributed by atoms with Crippen LogP contribution < -0.4 is 10.6 Å². The first-order valence-corrected chi connectivity index (χ1v) is 8.21. The highest BCUT2D eigenvalue weighted by atomic mass is 19.1. The van der Waals surface area contributed by atoms with Gasteiger partial charge in [0.15, 0.2) is 0 Å². The number of hydrogen-bond acceptors (Lipinski definition) is 3. The second-order valence-electron chi connectivity index (χ2n) is 5.98. The molecule has 0 aliphatic heterocycles. The fraction of sp³-hybridized carbons (Fsp3) is 0.263. The second kappa shape index (κ2) is 9.53. The number of amides is 2. The molecule has 2 rings (SSSR count). The highest BCUT2D eigenvalue weighted by molar-refractivity contribution is 5.87. The summed E-state index contributed by atoms with van der Waals surface area (Å²) < 4.78 is 12.9. The Hall–Kier alpha value is -2.93. The molecule has 0 radical (unpaired) electrons. The summed E-state index contributed by atoms with van der Waals surface area (Å²) in [6, 6.07) is 12.4. The van der Waals surface area contributed by atoms with E-state index in [-0.39, 0.29) is 17.4 Å². The van der Waals surface area contributed by atoms with Gasteiger partial charge in [0.05, 0.1) is 5.56 Å². The van der Waals surface area contributed by atoms with Gasteiger partial charge in [0.25, 0.3) is 0 Å². The van der Waals surface area contributed by atoms with E-state index in [1.165, 1.54) is 24.3 Å². The Morgan fingerprint density at radius 3 is 2.23 bits per heavy atom. The maximum Gasteiger partial charge on any atom is 0.335 e. The van der Waals surface area contributed by atoms with E-state index in [0.29, 0.717) is 26.2 Å². The molecular formula is C19H22FN3O3. The standard InChI is InChI=1S/C19H22FN3O3/c1-23(13-15-4-8-17(20)9-5-15)11-10-21-19(26)22-12-14-2-6-16(7-3-14)18(24)25/h2-9H,10-13H2,1H3,(H,24,25)(H2,21,22,26). The normalized spacial score (nSPS) is 10.6. The largest absolute Gasteiger partial charge is 0.478 e. The van der Waals surface area contributed by atoms with Gasteiger partial charge >= 0.3 is 12.0 Å². The summed E-state index contributed by atoms with van der Waals surface area (Å²) >= 11 is 0. The highest BCUT2D eigenvalue weighted by Crippen LogP contribution is 2.05. The maximum atomic E-state index is 12.9. The monoisotopic (exact) mass is 359 g/mol. The van der Waals surface area contributed by atoms with E-state index in [1.807, 2.05) is 11.9 Å². The number of hydrogen-bond donors (Lipinski definition) is 3. The van der Waals surface area contributed by atoms with Crippen LogP contribution in [0.1, 0.15) is 21.5 Å². The lowest BCUT2D eigenvalue weighted by Gasteiger charge is -2.17. The van der Waals surface area contributed by atoms with Crippen LogP contribution in [0.4, 0.5) is 9.18 Å². The van der Waals surface area contributed by atoms with Crippen molar-refractivity contribution >= 4 is 12.0 Å². The molecule has 138 valence electrons. The molecule has 3 N–H and O–H groups in total. The second-order valence-corrected chi connectivity index (χ2v) is 5.98. The Kier molecular flexibility index (Phi) is 7.11. The number of carbonyl (C=O) groups excluding carboxylic acids is 1. The summed E-state index contributed by atoms with van der Waals surface area (Å²) in [6.45, 7) is 2.11. The highest BCUT2D eigenvalue weighted by Gasteiger charge is 2.05. The molecular weight excluding hydrogens is 337 g/mol. The average molecular weight is 359 g/mol. The summed E-state index contributed by atoms with van der Waals surface area (Å²) in [5, 5.41) is 14.3. The van der Waals surface area contributed by atoms with Crippen LogP contribution in [-0.4, -0.2) is 42.1 Å². The predicted octanol–water partition coefficient (Wildman–Crippen LogP) is 2.46. The van der Waals surface area contributed by atoms with Gasteiger partial charge in [-0.25, -0.2) is 14.0 Å². The van der Waals surface area contributed by atoms with E-state index >= 15 is 0 Å². The molecule has 2 amide bonds. The van der Waals surface area contributed by atoms with Gasteiger partial charge in [0, 0.05) is 26.2 Å². The predicted molar refractivity (Wildman–Crippen MR) is 96.4 cm³/mol. The minimum atomic E-state index is -0.980. The quantitative estimate of drug-likeness (QED) is 0.676. The summed E-state index contributed by atoms with van der Waals surface area (Å²) in [5.74, 6) is -1.24. The number of carboxylic acids is 1. The van der Waals surface area contributed by atoms with Crippen molar-refractivity contribution in [2.45, 2.75) is 13.1 Å². The van der Waals surface area contributed by atoms with Gasteiger partial charge in [0.1, 0.15) is 5.82 Å². The van der Waals surface area contributed by atoms with Crippen LogP contribution >= 0.6 is 0 Å². The molecule has 7 heteroatoms. The summed E-state index contributed by atoms with van der Waals surface area (Å²) in [4.78, 5) is 24.6. The van der Waals surface area contributed by atoms with Crippen LogP contribution in [0.2, 0.25) is 0 Å². The smallest absolute Gasteiger partial charge is 0.335 e. The molecule has 0 fully saturated rings. The van der Waals surface area contributed by atoms with Gasteiger partial charge < -0.3 is 20.6 Å². The summed E-state index contributed by atoms with van der Waals surface area (Å²) in [7, 11) is 1.92. The summed E-state index contributed by atoms with van der Waals surface area (Å²) in [6.07, 6.45) is 0. The van der Waals surface area contributed by atoms with E-state index in [0.717, 1.165) is 11.1 Å². The lowest BCUT2D eigenvalue weighted by molar-refractivity contribution is 0.0697. The molecule has 0 saturated carbocycles. The van der Waals surface area contributed by atoms with Crippen molar-refractivity contribution in [2.24, 2.45) is 0 Å². The van der Waals surface area contributed by atoms with E-state index in [9.17, 15) is 14.0 Å². The van der Waals surface area contributed by atoms with Crippen LogP contribution in [0.5, 0.6) is 0 Å². The maximum absolute atomic E-state index is 12.9. The number of nitrogens with one attached hydrogen (secondary N) is 2. The van der Waals surface area contributed by atoms with Crippen molar-refractivity contribution in [3.8, 4) is 0 Å². The first-order chi connectivity index (χ1) is 12.4. The van der Waals surface area contributed by atoms with E-state index < -0.39 is 5.97 Å². The molecule has 2 aromatic rings. The minimum absolute atomic E-state index is 0.211. The van der Waals surface area contributed by atoms with Crippen molar-refractivity contribution in [1.29, 1.82) is 0 Å². The molecule has 6 nitrogen and oxygen atoms in total. The van der Waals surface area contributed by atoms with Gasteiger partial charge in [-0.15, -0.1) is 0 Å². The zero-order valence-corrected chi connectivity index (χ0v) is 14.5. The average Bonchev–Trinajstić information content (AvgIpc) is 2.62. The molecule has 0 atom stereocenters. The fourth-order valence-electron chi connectivity index (χ4n) is 2.35. The fourth-order valence-corrected chi connectivity index (χ4v) is 2.35. The van der Waals surface area contributed by atoms with E-state index in [2.05, 4.69) is 10.6 Å². The zero-order chi connectivity index (χ0) is 18.9. The third-order valence-electron chi connectivity index (χ3n) is 3.80. The van der Waals surface area contributed by atoms with Crippen LogP contribution in [-0.2, 0) is 13.1 Å². The Morgan fingerprint density at radius 1 is 1.00 bits per heavy atom. The van der Waals surface area contributed by atoms with Crippen molar-refractivity contribution in [3.05, 3.63) is 71.0 Å². The lowest BCUT2D eigenvalue weighted by Crippen LogP contribution is -2.39. The number of carboxylic acid groups (broad SMARTS) is 1. The molecule has 0 aliphatic rings. The number of nitrogens with zero attached hydrogens (tertiary/aromatic N) is 1. The minimum Gasteiger partial charge on any atom is -0.478 e. The number of likely N-dealkylation sites (N-methyl/N-ethyl adjacent to an activating group) is 1. The van der Waals surface area contributed by atoms with E-state index in [4.69, 9.17) is 5.11 Å². The molecule has 0 unspecified atom stereocenters. The van der Waals surface area contributed by atoms with Crippen LogP contribution in [0.25, 0.3) is 0 Å². The third-order valence-corrected chi connectivity index (χ3v) is 3.80.